The van der Waals surface area contributed by atoms with Gasteiger partial charge in [0.1, 0.15) is 6.10 Å². The summed E-state index contributed by atoms with van der Waals surface area (Å²) in [5, 5.41) is 9.35. The molecule has 1 aliphatic rings. The van der Waals surface area contributed by atoms with Crippen LogP contribution in [0.1, 0.15) is 26.7 Å². The van der Waals surface area contributed by atoms with Crippen LogP contribution in [0.4, 0.5) is 0 Å². The monoisotopic (exact) mass is 184 g/mol. The lowest BCUT2D eigenvalue weighted by Crippen LogP contribution is -2.32. The fraction of sp³-hybridized carbons (Fsp3) is 0.700. The fourth-order valence-corrected chi connectivity index (χ4v) is 1.52. The van der Waals surface area contributed by atoms with Gasteiger partial charge in [0.25, 0.3) is 0 Å². The molecule has 0 saturated heterocycles. The first kappa shape index (κ1) is 10.4. The van der Waals surface area contributed by atoms with Gasteiger partial charge in [0.05, 0.1) is 0 Å². The predicted octanol–water partition coefficient (Wildman–Crippen LogP) is 1.27. The van der Waals surface area contributed by atoms with Crippen LogP contribution in [-0.4, -0.2) is 22.8 Å². The van der Waals surface area contributed by atoms with Crippen LogP contribution in [0, 0.1) is 5.92 Å². The summed E-state index contributed by atoms with van der Waals surface area (Å²) >= 11 is 0. The van der Waals surface area contributed by atoms with E-state index in [0.717, 1.165) is 0 Å². The topological polar surface area (TPSA) is 46.5 Å². The van der Waals surface area contributed by atoms with Gasteiger partial charge >= 0.3 is 0 Å². The Bertz CT molecular complexity index is 215. The number of Topliss-reactive ketones (excluding diaryl/α,β-unsaturated/α-hetero) is 1. The molecule has 1 rings (SSSR count). The molecule has 3 heteroatoms. The third-order valence-electron chi connectivity index (χ3n) is 2.10. The molecule has 0 amide bonds. The molecule has 1 N–H and O–H groups in total. The smallest absolute Gasteiger partial charge is 0.162 e. The highest BCUT2D eigenvalue weighted by atomic mass is 16.6. The normalized spacial score (nSPS) is 29.3. The van der Waals surface area contributed by atoms with Crippen LogP contribution < -0.4 is 0 Å². The van der Waals surface area contributed by atoms with Gasteiger partial charge in [-0.15, -0.1) is 6.58 Å². The number of ketones is 1. The second kappa shape index (κ2) is 3.60. The SMILES string of the molecule is C=C[C@H]1CC(=O)[C@H](OC(C)(C)O)C1. The van der Waals surface area contributed by atoms with Gasteiger partial charge in [0.2, 0.25) is 0 Å². The van der Waals surface area contributed by atoms with Crippen molar-refractivity contribution in [3.05, 3.63) is 12.7 Å². The average molecular weight is 184 g/mol. The molecule has 13 heavy (non-hydrogen) atoms. The van der Waals surface area contributed by atoms with Crippen molar-refractivity contribution in [2.75, 3.05) is 0 Å². The Morgan fingerprint density at radius 3 is 2.69 bits per heavy atom. The van der Waals surface area contributed by atoms with Gasteiger partial charge in [-0.05, 0) is 26.2 Å². The molecule has 1 aliphatic carbocycles. The first-order valence-electron chi connectivity index (χ1n) is 4.48. The van der Waals surface area contributed by atoms with Crippen molar-refractivity contribution in [1.82, 2.24) is 0 Å². The summed E-state index contributed by atoms with van der Waals surface area (Å²) in [5.41, 5.74) is 0. The van der Waals surface area contributed by atoms with Crippen molar-refractivity contribution in [3.63, 3.8) is 0 Å². The number of carbonyl (C=O) groups excluding carboxylic acids is 1. The van der Waals surface area contributed by atoms with Crippen LogP contribution >= 0.6 is 0 Å². The molecule has 0 radical (unpaired) electrons. The lowest BCUT2D eigenvalue weighted by Gasteiger charge is -2.22. The van der Waals surface area contributed by atoms with E-state index in [2.05, 4.69) is 6.58 Å². The highest BCUT2D eigenvalue weighted by molar-refractivity contribution is 5.85. The Hall–Kier alpha value is -0.670. The number of allylic oxidation sites excluding steroid dienone is 1. The second-order valence-electron chi connectivity index (χ2n) is 3.96. The number of ether oxygens (including phenoxy) is 1. The first-order chi connectivity index (χ1) is 5.92. The molecule has 3 nitrogen and oxygen atoms in total. The highest BCUT2D eigenvalue weighted by Crippen LogP contribution is 2.27. The molecule has 0 aromatic carbocycles. The first-order valence-corrected chi connectivity index (χ1v) is 4.48. The Kier molecular flexibility index (Phi) is 2.88. The van der Waals surface area contributed by atoms with Crippen molar-refractivity contribution >= 4 is 5.78 Å². The van der Waals surface area contributed by atoms with Crippen molar-refractivity contribution in [3.8, 4) is 0 Å². The molecule has 74 valence electrons. The van der Waals surface area contributed by atoms with Crippen LogP contribution in [0.2, 0.25) is 0 Å². The van der Waals surface area contributed by atoms with Gasteiger partial charge in [-0.2, -0.15) is 0 Å². The average Bonchev–Trinajstić information content (AvgIpc) is 2.29. The summed E-state index contributed by atoms with van der Waals surface area (Å²) in [4.78, 5) is 11.3. The maximum Gasteiger partial charge on any atom is 0.162 e. The quantitative estimate of drug-likeness (QED) is 0.530. The zero-order valence-corrected chi connectivity index (χ0v) is 8.12. The van der Waals surface area contributed by atoms with E-state index in [9.17, 15) is 9.90 Å². The van der Waals surface area contributed by atoms with Gasteiger partial charge < -0.3 is 9.84 Å². The van der Waals surface area contributed by atoms with E-state index in [0.29, 0.717) is 12.8 Å². The maximum absolute atomic E-state index is 11.3. The van der Waals surface area contributed by atoms with Crippen LogP contribution in [0.25, 0.3) is 0 Å². The number of aliphatic hydroxyl groups is 1. The minimum Gasteiger partial charge on any atom is -0.366 e. The summed E-state index contributed by atoms with van der Waals surface area (Å²) < 4.78 is 5.20. The maximum atomic E-state index is 11.3. The lowest BCUT2D eigenvalue weighted by atomic mass is 10.1. The summed E-state index contributed by atoms with van der Waals surface area (Å²) in [6, 6.07) is 0. The number of carbonyl (C=O) groups is 1. The number of hydrogen-bond donors (Lipinski definition) is 1. The van der Waals surface area contributed by atoms with Gasteiger partial charge in [-0.25, -0.2) is 0 Å². The Labute approximate surface area is 78.4 Å². The van der Waals surface area contributed by atoms with Gasteiger partial charge in [0.15, 0.2) is 11.6 Å². The third-order valence-corrected chi connectivity index (χ3v) is 2.10. The molecule has 0 heterocycles. The van der Waals surface area contributed by atoms with Gasteiger partial charge in [-0.3, -0.25) is 4.79 Å². The molecule has 0 aliphatic heterocycles. The van der Waals surface area contributed by atoms with Crippen LogP contribution in [-0.2, 0) is 9.53 Å². The van der Waals surface area contributed by atoms with Crippen LogP contribution in [0.3, 0.4) is 0 Å². The lowest BCUT2D eigenvalue weighted by molar-refractivity contribution is -0.203. The van der Waals surface area contributed by atoms with Gasteiger partial charge in [-0.1, -0.05) is 6.08 Å². The largest absolute Gasteiger partial charge is 0.366 e. The van der Waals surface area contributed by atoms with Gasteiger partial charge in [0, 0.05) is 6.42 Å². The number of rotatable bonds is 3. The number of hydrogen-bond acceptors (Lipinski definition) is 3. The molecular formula is C10H16O3. The molecule has 1 fully saturated rings. The van der Waals surface area contributed by atoms with E-state index in [1.807, 2.05) is 0 Å². The Morgan fingerprint density at radius 2 is 2.31 bits per heavy atom. The van der Waals surface area contributed by atoms with Crippen LogP contribution in [0.5, 0.6) is 0 Å². The minimum atomic E-state index is -1.23. The van der Waals surface area contributed by atoms with Crippen LogP contribution in [0.15, 0.2) is 12.7 Å². The zero-order chi connectivity index (χ0) is 10.1. The molecule has 0 aromatic heterocycles. The molecular weight excluding hydrogens is 168 g/mol. The fourth-order valence-electron chi connectivity index (χ4n) is 1.52. The van der Waals surface area contributed by atoms with E-state index in [1.54, 1.807) is 6.08 Å². The van der Waals surface area contributed by atoms with E-state index in [4.69, 9.17) is 4.74 Å². The van der Waals surface area contributed by atoms with Crippen molar-refractivity contribution < 1.29 is 14.6 Å². The summed E-state index contributed by atoms with van der Waals surface area (Å²) in [6.07, 6.45) is 2.45. The molecule has 0 spiro atoms. The third kappa shape index (κ3) is 2.94. The van der Waals surface area contributed by atoms with E-state index >= 15 is 0 Å². The van der Waals surface area contributed by atoms with E-state index in [1.165, 1.54) is 13.8 Å². The zero-order valence-electron chi connectivity index (χ0n) is 8.12. The minimum absolute atomic E-state index is 0.0621. The van der Waals surface area contributed by atoms with Crippen molar-refractivity contribution in [1.29, 1.82) is 0 Å². The Morgan fingerprint density at radius 1 is 1.69 bits per heavy atom. The molecule has 0 unspecified atom stereocenters. The predicted molar refractivity (Wildman–Crippen MR) is 49.1 cm³/mol. The van der Waals surface area contributed by atoms with Crippen molar-refractivity contribution in [2.45, 2.75) is 38.6 Å². The summed E-state index contributed by atoms with van der Waals surface area (Å²) in [5.74, 6) is -0.956. The van der Waals surface area contributed by atoms with Crippen molar-refractivity contribution in [2.24, 2.45) is 5.92 Å². The Balaban J connectivity index is 2.53. The summed E-state index contributed by atoms with van der Waals surface area (Å²) in [6.45, 7) is 6.70. The second-order valence-corrected chi connectivity index (χ2v) is 3.96. The standard InChI is InChI=1S/C10H16O3/c1-4-7-5-8(11)9(6-7)13-10(2,3)12/h4,7,9,12H,1,5-6H2,2-3H3/t7-,9+/m0/s1. The molecule has 0 bridgehead atoms. The molecule has 0 aromatic rings. The highest BCUT2D eigenvalue weighted by Gasteiger charge is 2.34. The molecule has 2 atom stereocenters. The van der Waals surface area contributed by atoms with E-state index in [-0.39, 0.29) is 11.7 Å². The summed E-state index contributed by atoms with van der Waals surface area (Å²) in [7, 11) is 0. The van der Waals surface area contributed by atoms with E-state index < -0.39 is 11.9 Å². The molecule has 1 saturated carbocycles.